The van der Waals surface area contributed by atoms with Gasteiger partial charge in [-0.1, -0.05) is 57.0 Å². The van der Waals surface area contributed by atoms with E-state index < -0.39 is 29.3 Å². The number of aryl methyl sites for hydroxylation is 2. The lowest BCUT2D eigenvalue weighted by Crippen LogP contribution is -2.57. The van der Waals surface area contributed by atoms with Gasteiger partial charge in [-0.15, -0.1) is 0 Å². The fraction of sp³-hybridized carbons (Fsp3) is 0.719. The second-order valence-corrected chi connectivity index (χ2v) is 14.0. The molecule has 39 heavy (non-hydrogen) atoms. The van der Waals surface area contributed by atoms with E-state index >= 15 is 0 Å². The normalized spacial score (nSPS) is 14.5. The predicted octanol–water partition coefficient (Wildman–Crippen LogP) is 6.85. The zero-order valence-corrected chi connectivity index (χ0v) is 26.8. The zero-order valence-electron chi connectivity index (χ0n) is 26.8. The maximum Gasteiger partial charge on any atom is 0.408 e. The Kier molecular flexibility index (Phi) is 12.5. The van der Waals surface area contributed by atoms with E-state index in [4.69, 9.17) is 4.74 Å². The molecule has 0 spiro atoms. The summed E-state index contributed by atoms with van der Waals surface area (Å²) in [6.45, 7) is 25.5. The summed E-state index contributed by atoms with van der Waals surface area (Å²) in [6.07, 6.45) is 1.42. The molecule has 0 bridgehead atoms. The lowest BCUT2D eigenvalue weighted by Gasteiger charge is -2.40. The van der Waals surface area contributed by atoms with Gasteiger partial charge in [-0.05, 0) is 99.0 Å². The summed E-state index contributed by atoms with van der Waals surface area (Å²) < 4.78 is 5.51. The summed E-state index contributed by atoms with van der Waals surface area (Å²) >= 11 is 0. The maximum atomic E-state index is 14.5. The standard InChI is InChI=1S/C32H55N3O4/c1-20(2)14-15-24(7)35(29(37)26(16-21(3)4)33-30(38)39-32(11,12)13)27(28(36)34-31(8,9)10)25-18-22(5)17-23(6)19-25/h17-21,24,26-27H,14-16H2,1-13H3,(H,33,38)(H,34,36). The summed E-state index contributed by atoms with van der Waals surface area (Å²) in [4.78, 5) is 43.0. The number of benzene rings is 1. The van der Waals surface area contributed by atoms with Crippen LogP contribution in [0.2, 0.25) is 0 Å². The molecule has 0 radical (unpaired) electrons. The minimum Gasteiger partial charge on any atom is -0.444 e. The van der Waals surface area contributed by atoms with Crippen molar-refractivity contribution in [1.82, 2.24) is 15.5 Å². The third kappa shape index (κ3) is 12.4. The Balaban J connectivity index is 3.73. The molecule has 2 N–H and O–H groups in total. The molecular formula is C32H55N3O4. The van der Waals surface area contributed by atoms with Gasteiger partial charge >= 0.3 is 6.09 Å². The highest BCUT2D eigenvalue weighted by Crippen LogP contribution is 2.30. The summed E-state index contributed by atoms with van der Waals surface area (Å²) in [5.74, 6) is 0.0560. The van der Waals surface area contributed by atoms with Crippen LogP contribution < -0.4 is 10.6 Å². The van der Waals surface area contributed by atoms with Gasteiger partial charge in [0.15, 0.2) is 0 Å². The lowest BCUT2D eigenvalue weighted by molar-refractivity contribution is -0.146. The number of nitrogens with one attached hydrogen (secondary N) is 2. The van der Waals surface area contributed by atoms with Crippen molar-refractivity contribution in [1.29, 1.82) is 0 Å². The van der Waals surface area contributed by atoms with Gasteiger partial charge in [0.1, 0.15) is 17.7 Å². The van der Waals surface area contributed by atoms with Gasteiger partial charge in [0.25, 0.3) is 0 Å². The molecule has 0 aliphatic carbocycles. The quantitative estimate of drug-likeness (QED) is 0.318. The topological polar surface area (TPSA) is 87.7 Å². The van der Waals surface area contributed by atoms with Gasteiger partial charge in [-0.3, -0.25) is 9.59 Å². The van der Waals surface area contributed by atoms with Crippen LogP contribution in [0.25, 0.3) is 0 Å². The van der Waals surface area contributed by atoms with Crippen molar-refractivity contribution < 1.29 is 19.1 Å². The molecule has 3 atom stereocenters. The van der Waals surface area contributed by atoms with E-state index in [1.165, 1.54) is 0 Å². The van der Waals surface area contributed by atoms with Gasteiger partial charge in [0.2, 0.25) is 11.8 Å². The average molecular weight is 546 g/mol. The second kappa shape index (κ2) is 14.2. The lowest BCUT2D eigenvalue weighted by atomic mass is 9.93. The van der Waals surface area contributed by atoms with Crippen LogP contribution in [0.1, 0.15) is 118 Å². The highest BCUT2D eigenvalue weighted by Gasteiger charge is 2.40. The van der Waals surface area contributed by atoms with E-state index in [0.29, 0.717) is 12.3 Å². The highest BCUT2D eigenvalue weighted by atomic mass is 16.6. The monoisotopic (exact) mass is 545 g/mol. The average Bonchev–Trinajstić information content (AvgIpc) is 2.70. The second-order valence-electron chi connectivity index (χ2n) is 14.0. The molecule has 3 unspecified atom stereocenters. The van der Waals surface area contributed by atoms with Crippen molar-refractivity contribution in [2.45, 2.75) is 139 Å². The maximum absolute atomic E-state index is 14.5. The molecular weight excluding hydrogens is 490 g/mol. The fourth-order valence-corrected chi connectivity index (χ4v) is 4.68. The van der Waals surface area contributed by atoms with Crippen LogP contribution in [0.5, 0.6) is 0 Å². The van der Waals surface area contributed by atoms with Crippen LogP contribution in [-0.2, 0) is 14.3 Å². The smallest absolute Gasteiger partial charge is 0.408 e. The van der Waals surface area contributed by atoms with Crippen molar-refractivity contribution in [3.05, 3.63) is 34.9 Å². The van der Waals surface area contributed by atoms with Crippen molar-refractivity contribution >= 4 is 17.9 Å². The molecule has 0 aliphatic rings. The van der Waals surface area contributed by atoms with Gasteiger partial charge in [-0.2, -0.15) is 0 Å². The van der Waals surface area contributed by atoms with Crippen molar-refractivity contribution in [3.63, 3.8) is 0 Å². The Bertz CT molecular complexity index is 952. The van der Waals surface area contributed by atoms with Crippen LogP contribution in [0, 0.1) is 25.7 Å². The van der Waals surface area contributed by atoms with Gasteiger partial charge in [0.05, 0.1) is 0 Å². The Labute approximate surface area is 237 Å². The summed E-state index contributed by atoms with van der Waals surface area (Å²) in [5, 5.41) is 5.96. The number of amides is 3. The molecule has 0 saturated heterocycles. The van der Waals surface area contributed by atoms with Crippen molar-refractivity contribution in [2.75, 3.05) is 0 Å². The van der Waals surface area contributed by atoms with Crippen LogP contribution in [-0.4, -0.2) is 46.0 Å². The van der Waals surface area contributed by atoms with E-state index in [-0.39, 0.29) is 23.8 Å². The molecule has 1 rings (SSSR count). The van der Waals surface area contributed by atoms with Crippen LogP contribution in [0.3, 0.4) is 0 Å². The summed E-state index contributed by atoms with van der Waals surface area (Å²) in [5.41, 5.74) is 1.61. The molecule has 7 heteroatoms. The van der Waals surface area contributed by atoms with Crippen molar-refractivity contribution in [3.8, 4) is 0 Å². The van der Waals surface area contributed by atoms with Gasteiger partial charge in [-0.25, -0.2) is 4.79 Å². The van der Waals surface area contributed by atoms with E-state index in [0.717, 1.165) is 29.5 Å². The summed E-state index contributed by atoms with van der Waals surface area (Å²) in [6, 6.07) is 4.08. The number of nitrogens with zero attached hydrogens (tertiary/aromatic N) is 1. The Hall–Kier alpha value is -2.57. The predicted molar refractivity (Wildman–Crippen MR) is 160 cm³/mol. The SMILES string of the molecule is Cc1cc(C)cc(C(C(=O)NC(C)(C)C)N(C(=O)C(CC(C)C)NC(=O)OC(C)(C)C)C(C)CCC(C)C)c1. The van der Waals surface area contributed by atoms with Gasteiger partial charge in [0, 0.05) is 11.6 Å². The largest absolute Gasteiger partial charge is 0.444 e. The number of hydrogen-bond donors (Lipinski definition) is 2. The minimum absolute atomic E-state index is 0.129. The minimum atomic E-state index is -0.854. The first kappa shape index (κ1) is 34.5. The van der Waals surface area contributed by atoms with E-state index in [1.807, 2.05) is 67.5 Å². The molecule has 0 aromatic heterocycles. The molecule has 1 aromatic carbocycles. The number of alkyl carbamates (subject to hydrolysis) is 1. The Morgan fingerprint density at radius 2 is 1.38 bits per heavy atom. The molecule has 3 amide bonds. The number of carbonyl (C=O) groups is 3. The summed E-state index contributed by atoms with van der Waals surface area (Å²) in [7, 11) is 0. The Morgan fingerprint density at radius 3 is 1.82 bits per heavy atom. The van der Waals surface area contributed by atoms with Crippen LogP contribution >= 0.6 is 0 Å². The molecule has 7 nitrogen and oxygen atoms in total. The first-order chi connectivity index (χ1) is 17.7. The van der Waals surface area contributed by atoms with E-state index in [2.05, 4.69) is 30.5 Å². The van der Waals surface area contributed by atoms with Gasteiger partial charge < -0.3 is 20.3 Å². The Morgan fingerprint density at radius 1 is 0.846 bits per heavy atom. The first-order valence-electron chi connectivity index (χ1n) is 14.4. The highest BCUT2D eigenvalue weighted by molar-refractivity contribution is 5.92. The number of ether oxygens (including phenoxy) is 1. The fourth-order valence-electron chi connectivity index (χ4n) is 4.68. The molecule has 1 aromatic rings. The van der Waals surface area contributed by atoms with E-state index in [1.54, 1.807) is 25.7 Å². The molecule has 0 aliphatic heterocycles. The number of carbonyl (C=O) groups excluding carboxylic acids is 3. The van der Waals surface area contributed by atoms with Crippen LogP contribution in [0.4, 0.5) is 4.79 Å². The van der Waals surface area contributed by atoms with E-state index in [9.17, 15) is 14.4 Å². The number of hydrogen-bond acceptors (Lipinski definition) is 4. The molecule has 0 saturated carbocycles. The molecule has 0 heterocycles. The van der Waals surface area contributed by atoms with Crippen molar-refractivity contribution in [2.24, 2.45) is 11.8 Å². The number of rotatable bonds is 11. The third-order valence-electron chi connectivity index (χ3n) is 6.17. The molecule has 222 valence electrons. The van der Waals surface area contributed by atoms with Crippen LogP contribution in [0.15, 0.2) is 18.2 Å². The zero-order chi connectivity index (χ0) is 30.3. The first-order valence-corrected chi connectivity index (χ1v) is 14.4. The third-order valence-corrected chi connectivity index (χ3v) is 6.17. The molecule has 0 fully saturated rings.